The van der Waals surface area contributed by atoms with Crippen LogP contribution in [0.3, 0.4) is 0 Å². The minimum Gasteiger partial charge on any atom is -0.469 e. The van der Waals surface area contributed by atoms with E-state index in [0.29, 0.717) is 18.4 Å². The summed E-state index contributed by atoms with van der Waals surface area (Å²) >= 11 is 0. The molecule has 1 amide bonds. The van der Waals surface area contributed by atoms with E-state index < -0.39 is 18.1 Å². The molecular weight excluding hydrogens is 422 g/mol. The van der Waals surface area contributed by atoms with Gasteiger partial charge in [0.2, 0.25) is 0 Å². The zero-order valence-corrected chi connectivity index (χ0v) is 20.0. The highest BCUT2D eigenvalue weighted by atomic mass is 16.5. The van der Waals surface area contributed by atoms with Crippen molar-refractivity contribution >= 4 is 18.0 Å². The maximum atomic E-state index is 12.5. The minimum atomic E-state index is -0.578. The molecular formula is C26H37NO6. The number of carbonyl (C=O) groups is 3. The summed E-state index contributed by atoms with van der Waals surface area (Å²) in [5.74, 6) is -0.556. The van der Waals surface area contributed by atoms with E-state index in [9.17, 15) is 14.4 Å². The Hall–Kier alpha value is -3.09. The molecule has 0 aromatic heterocycles. The number of rotatable bonds is 15. The van der Waals surface area contributed by atoms with Crippen molar-refractivity contribution in [3.63, 3.8) is 0 Å². The first kappa shape index (κ1) is 27.9. The molecule has 7 nitrogen and oxygen atoms in total. The van der Waals surface area contributed by atoms with Gasteiger partial charge in [0.15, 0.2) is 0 Å². The Balaban J connectivity index is 2.65. The number of alkyl carbamates (subject to hydrolysis) is 1. The van der Waals surface area contributed by atoms with Crippen LogP contribution in [0, 0.1) is 0 Å². The molecule has 0 heterocycles. The SMILES string of the molecule is CCOC(=O)/C(=C\C(NC(=O)OC)c1ccccc1)C/C=C/CCCCCCCC(=O)OC. The number of benzene rings is 1. The highest BCUT2D eigenvalue weighted by Gasteiger charge is 2.17. The molecule has 33 heavy (non-hydrogen) atoms. The summed E-state index contributed by atoms with van der Waals surface area (Å²) in [7, 11) is 2.71. The van der Waals surface area contributed by atoms with Gasteiger partial charge in [-0.25, -0.2) is 9.59 Å². The van der Waals surface area contributed by atoms with Crippen LogP contribution in [0.2, 0.25) is 0 Å². The molecule has 0 aliphatic rings. The molecule has 0 aliphatic carbocycles. The molecule has 0 saturated carbocycles. The summed E-state index contributed by atoms with van der Waals surface area (Å²) < 4.78 is 14.6. The van der Waals surface area contributed by atoms with E-state index in [4.69, 9.17) is 9.47 Å². The van der Waals surface area contributed by atoms with E-state index in [0.717, 1.165) is 44.1 Å². The molecule has 1 atom stereocenters. The van der Waals surface area contributed by atoms with Crippen molar-refractivity contribution in [2.24, 2.45) is 0 Å². The van der Waals surface area contributed by atoms with Crippen LogP contribution in [0.15, 0.2) is 54.1 Å². The van der Waals surface area contributed by atoms with Gasteiger partial charge in [0.1, 0.15) is 0 Å². The summed E-state index contributed by atoms with van der Waals surface area (Å²) in [5.41, 5.74) is 1.31. The number of nitrogens with one attached hydrogen (secondary N) is 1. The maximum absolute atomic E-state index is 12.5. The minimum absolute atomic E-state index is 0.153. The van der Waals surface area contributed by atoms with Crippen molar-refractivity contribution in [2.75, 3.05) is 20.8 Å². The van der Waals surface area contributed by atoms with Gasteiger partial charge in [-0.05, 0) is 44.2 Å². The van der Waals surface area contributed by atoms with Crippen molar-refractivity contribution in [1.82, 2.24) is 5.32 Å². The van der Waals surface area contributed by atoms with Crippen LogP contribution in [0.1, 0.15) is 69.9 Å². The molecule has 0 spiro atoms. The van der Waals surface area contributed by atoms with Gasteiger partial charge in [0.05, 0.1) is 26.9 Å². The van der Waals surface area contributed by atoms with Crippen LogP contribution in [0.25, 0.3) is 0 Å². The van der Waals surface area contributed by atoms with Gasteiger partial charge in [-0.2, -0.15) is 0 Å². The molecule has 1 rings (SSSR count). The Morgan fingerprint density at radius 3 is 2.30 bits per heavy atom. The van der Waals surface area contributed by atoms with Crippen LogP contribution in [-0.4, -0.2) is 38.9 Å². The molecule has 0 radical (unpaired) electrons. The van der Waals surface area contributed by atoms with E-state index in [1.165, 1.54) is 14.2 Å². The Bertz CT molecular complexity index is 772. The fourth-order valence-corrected chi connectivity index (χ4v) is 3.20. The smallest absolute Gasteiger partial charge is 0.407 e. The molecule has 1 aromatic rings. The predicted octanol–water partition coefficient (Wildman–Crippen LogP) is 5.42. The first-order valence-corrected chi connectivity index (χ1v) is 11.5. The van der Waals surface area contributed by atoms with Crippen molar-refractivity contribution in [2.45, 2.75) is 64.3 Å². The molecule has 182 valence electrons. The summed E-state index contributed by atoms with van der Waals surface area (Å²) in [6, 6.07) is 8.86. The normalized spacial score (nSPS) is 12.3. The Morgan fingerprint density at radius 2 is 1.64 bits per heavy atom. The Labute approximate surface area is 197 Å². The first-order valence-electron chi connectivity index (χ1n) is 11.5. The number of hydrogen-bond acceptors (Lipinski definition) is 6. The van der Waals surface area contributed by atoms with Crippen LogP contribution >= 0.6 is 0 Å². The lowest BCUT2D eigenvalue weighted by atomic mass is 10.0. The van der Waals surface area contributed by atoms with E-state index in [-0.39, 0.29) is 12.6 Å². The average Bonchev–Trinajstić information content (AvgIpc) is 2.83. The second-order valence-electron chi connectivity index (χ2n) is 7.49. The van der Waals surface area contributed by atoms with Crippen molar-refractivity contribution in [3.8, 4) is 0 Å². The lowest BCUT2D eigenvalue weighted by molar-refractivity contribution is -0.141. The third-order valence-corrected chi connectivity index (χ3v) is 5.01. The summed E-state index contributed by atoms with van der Waals surface area (Å²) in [6.07, 6.45) is 12.1. The third kappa shape index (κ3) is 12.5. The van der Waals surface area contributed by atoms with Crippen LogP contribution < -0.4 is 5.32 Å². The number of unbranched alkanes of at least 4 members (excludes halogenated alkanes) is 5. The molecule has 7 heteroatoms. The molecule has 1 aromatic carbocycles. The van der Waals surface area contributed by atoms with Gasteiger partial charge in [0.25, 0.3) is 0 Å². The fourth-order valence-electron chi connectivity index (χ4n) is 3.20. The second kappa shape index (κ2) is 17.5. The van der Waals surface area contributed by atoms with Gasteiger partial charge >= 0.3 is 18.0 Å². The standard InChI is InChI=1S/C26H37NO6/c1-4-33-25(29)22(18-12-9-7-5-6-8-10-15-19-24(28)31-2)20-23(27-26(30)32-3)21-16-13-11-14-17-21/h9,11-14,16-17,20,23H,4-8,10,15,18-19H2,1-3H3,(H,27,30)/b12-9+,22-20-. The van der Waals surface area contributed by atoms with Crippen molar-refractivity contribution in [1.29, 1.82) is 0 Å². The van der Waals surface area contributed by atoms with Crippen LogP contribution in [-0.2, 0) is 23.8 Å². The van der Waals surface area contributed by atoms with Gasteiger partial charge in [-0.1, -0.05) is 61.7 Å². The summed E-state index contributed by atoms with van der Waals surface area (Å²) in [6.45, 7) is 2.04. The average molecular weight is 460 g/mol. The molecule has 1 unspecified atom stereocenters. The van der Waals surface area contributed by atoms with Crippen LogP contribution in [0.4, 0.5) is 4.79 Å². The lowest BCUT2D eigenvalue weighted by Crippen LogP contribution is -2.28. The second-order valence-corrected chi connectivity index (χ2v) is 7.49. The molecule has 0 bridgehead atoms. The van der Waals surface area contributed by atoms with Crippen molar-refractivity contribution in [3.05, 3.63) is 59.7 Å². The lowest BCUT2D eigenvalue weighted by Gasteiger charge is -2.16. The number of amides is 1. The van der Waals surface area contributed by atoms with Crippen molar-refractivity contribution < 1.29 is 28.6 Å². The number of esters is 2. The Kier molecular flexibility index (Phi) is 14.8. The summed E-state index contributed by atoms with van der Waals surface area (Å²) in [4.78, 5) is 35.4. The highest BCUT2D eigenvalue weighted by molar-refractivity contribution is 5.89. The number of hydrogen-bond donors (Lipinski definition) is 1. The van der Waals surface area contributed by atoms with E-state index in [1.807, 2.05) is 36.4 Å². The molecule has 1 N–H and O–H groups in total. The van der Waals surface area contributed by atoms with Crippen LogP contribution in [0.5, 0.6) is 0 Å². The summed E-state index contributed by atoms with van der Waals surface area (Å²) in [5, 5.41) is 2.76. The highest BCUT2D eigenvalue weighted by Crippen LogP contribution is 2.19. The Morgan fingerprint density at radius 1 is 0.939 bits per heavy atom. The number of ether oxygens (including phenoxy) is 3. The topological polar surface area (TPSA) is 90.9 Å². The first-order chi connectivity index (χ1) is 16.0. The van der Waals surface area contributed by atoms with Gasteiger partial charge in [-0.3, -0.25) is 4.79 Å². The molecule has 0 aliphatic heterocycles. The van der Waals surface area contributed by atoms with Gasteiger partial charge in [-0.15, -0.1) is 0 Å². The molecule has 0 saturated heterocycles. The van der Waals surface area contributed by atoms with E-state index in [1.54, 1.807) is 13.0 Å². The number of carbonyl (C=O) groups excluding carboxylic acids is 3. The monoisotopic (exact) mass is 459 g/mol. The van der Waals surface area contributed by atoms with E-state index >= 15 is 0 Å². The largest absolute Gasteiger partial charge is 0.469 e. The number of methoxy groups -OCH3 is 2. The van der Waals surface area contributed by atoms with Gasteiger partial charge in [0, 0.05) is 12.0 Å². The number of allylic oxidation sites excluding steroid dienone is 2. The zero-order valence-electron chi connectivity index (χ0n) is 20.0. The quantitative estimate of drug-likeness (QED) is 0.124. The predicted molar refractivity (Wildman–Crippen MR) is 128 cm³/mol. The van der Waals surface area contributed by atoms with E-state index in [2.05, 4.69) is 16.1 Å². The fraction of sp³-hybridized carbons (Fsp3) is 0.500. The van der Waals surface area contributed by atoms with Gasteiger partial charge < -0.3 is 19.5 Å². The molecule has 0 fully saturated rings. The zero-order chi connectivity index (χ0) is 24.3. The maximum Gasteiger partial charge on any atom is 0.407 e. The third-order valence-electron chi connectivity index (χ3n) is 5.01.